The van der Waals surface area contributed by atoms with E-state index in [0.717, 1.165) is 31.6 Å². The molecule has 1 N–H and O–H groups in total. The SMILES string of the molecule is OCCC1CCCCN1Cc1ccc(F)cn1. The number of hydrogen-bond acceptors (Lipinski definition) is 3. The summed E-state index contributed by atoms with van der Waals surface area (Å²) >= 11 is 0. The summed E-state index contributed by atoms with van der Waals surface area (Å²) in [6.07, 6.45) is 5.66. The molecule has 1 aliphatic heterocycles. The Labute approximate surface area is 101 Å². The van der Waals surface area contributed by atoms with Crippen molar-refractivity contribution in [3.8, 4) is 0 Å². The van der Waals surface area contributed by atoms with Crippen LogP contribution in [0.5, 0.6) is 0 Å². The van der Waals surface area contributed by atoms with Crippen molar-refractivity contribution in [1.29, 1.82) is 0 Å². The number of halogens is 1. The van der Waals surface area contributed by atoms with Gasteiger partial charge >= 0.3 is 0 Å². The average molecular weight is 238 g/mol. The highest BCUT2D eigenvalue weighted by Gasteiger charge is 2.22. The summed E-state index contributed by atoms with van der Waals surface area (Å²) in [5.74, 6) is -0.292. The zero-order valence-corrected chi connectivity index (χ0v) is 9.98. The van der Waals surface area contributed by atoms with Crippen molar-refractivity contribution in [2.75, 3.05) is 13.2 Å². The molecular weight excluding hydrogens is 219 g/mol. The van der Waals surface area contributed by atoms with E-state index in [1.54, 1.807) is 6.07 Å². The highest BCUT2D eigenvalue weighted by atomic mass is 19.1. The van der Waals surface area contributed by atoms with Gasteiger partial charge in [-0.05, 0) is 37.9 Å². The van der Waals surface area contributed by atoms with Crippen molar-refractivity contribution in [2.24, 2.45) is 0 Å². The van der Waals surface area contributed by atoms with Crippen molar-refractivity contribution >= 4 is 0 Å². The molecule has 4 heteroatoms. The van der Waals surface area contributed by atoms with Crippen molar-refractivity contribution in [3.63, 3.8) is 0 Å². The van der Waals surface area contributed by atoms with Gasteiger partial charge in [0.25, 0.3) is 0 Å². The van der Waals surface area contributed by atoms with Crippen molar-refractivity contribution in [2.45, 2.75) is 38.3 Å². The Morgan fingerprint density at radius 3 is 3.00 bits per heavy atom. The van der Waals surface area contributed by atoms with Gasteiger partial charge in [0, 0.05) is 19.2 Å². The standard InChI is InChI=1S/C13H19FN2O/c14-11-4-5-12(15-9-11)10-16-7-2-1-3-13(16)6-8-17/h4-5,9,13,17H,1-3,6-8,10H2. The lowest BCUT2D eigenvalue weighted by atomic mass is 9.99. The predicted octanol–water partition coefficient (Wildman–Crippen LogP) is 1.96. The molecule has 1 saturated heterocycles. The molecule has 0 saturated carbocycles. The maximum Gasteiger partial charge on any atom is 0.141 e. The first kappa shape index (κ1) is 12.5. The molecule has 2 heterocycles. The third-order valence-electron chi connectivity index (χ3n) is 3.37. The van der Waals surface area contributed by atoms with Gasteiger partial charge in [0.1, 0.15) is 5.82 Å². The maximum absolute atomic E-state index is 12.8. The summed E-state index contributed by atoms with van der Waals surface area (Å²) in [6, 6.07) is 3.63. The van der Waals surface area contributed by atoms with E-state index in [1.165, 1.54) is 25.1 Å². The van der Waals surface area contributed by atoms with E-state index in [0.29, 0.717) is 6.04 Å². The predicted molar refractivity (Wildman–Crippen MR) is 63.9 cm³/mol. The maximum atomic E-state index is 12.8. The van der Waals surface area contributed by atoms with Crippen LogP contribution in [-0.4, -0.2) is 34.2 Å². The summed E-state index contributed by atoms with van der Waals surface area (Å²) < 4.78 is 12.8. The third kappa shape index (κ3) is 3.48. The first-order chi connectivity index (χ1) is 8.29. The lowest BCUT2D eigenvalue weighted by Crippen LogP contribution is -2.39. The van der Waals surface area contributed by atoms with Gasteiger partial charge in [-0.1, -0.05) is 6.42 Å². The highest BCUT2D eigenvalue weighted by molar-refractivity contribution is 5.05. The minimum atomic E-state index is -0.292. The molecule has 1 unspecified atom stereocenters. The Hall–Kier alpha value is -1.00. The molecule has 0 amide bonds. The minimum Gasteiger partial charge on any atom is -0.396 e. The van der Waals surface area contributed by atoms with Crippen molar-refractivity contribution in [1.82, 2.24) is 9.88 Å². The number of piperidine rings is 1. The van der Waals surface area contributed by atoms with E-state index in [9.17, 15) is 4.39 Å². The molecule has 17 heavy (non-hydrogen) atoms. The van der Waals surface area contributed by atoms with Gasteiger partial charge in [-0.15, -0.1) is 0 Å². The monoisotopic (exact) mass is 238 g/mol. The van der Waals surface area contributed by atoms with Crippen LogP contribution in [-0.2, 0) is 6.54 Å². The van der Waals surface area contributed by atoms with Gasteiger partial charge in [0.05, 0.1) is 11.9 Å². The van der Waals surface area contributed by atoms with Gasteiger partial charge in [-0.2, -0.15) is 0 Å². The van der Waals surface area contributed by atoms with Crippen LogP contribution in [0.4, 0.5) is 4.39 Å². The number of aromatic nitrogens is 1. The van der Waals surface area contributed by atoms with Crippen molar-refractivity contribution < 1.29 is 9.50 Å². The van der Waals surface area contributed by atoms with Crippen LogP contribution in [0.2, 0.25) is 0 Å². The van der Waals surface area contributed by atoms with Gasteiger partial charge in [0.15, 0.2) is 0 Å². The Kier molecular flexibility index (Phi) is 4.45. The molecule has 0 radical (unpaired) electrons. The molecule has 0 aromatic carbocycles. The zero-order valence-electron chi connectivity index (χ0n) is 9.98. The average Bonchev–Trinajstić information content (AvgIpc) is 2.35. The molecule has 1 aromatic heterocycles. The second kappa shape index (κ2) is 6.07. The second-order valence-electron chi connectivity index (χ2n) is 4.60. The summed E-state index contributed by atoms with van der Waals surface area (Å²) in [5, 5.41) is 9.05. The zero-order chi connectivity index (χ0) is 12.1. The van der Waals surface area contributed by atoms with Crippen LogP contribution in [0.15, 0.2) is 18.3 Å². The number of pyridine rings is 1. The molecule has 1 fully saturated rings. The Morgan fingerprint density at radius 1 is 1.41 bits per heavy atom. The number of nitrogens with zero attached hydrogens (tertiary/aromatic N) is 2. The minimum absolute atomic E-state index is 0.234. The quantitative estimate of drug-likeness (QED) is 0.871. The molecular formula is C13H19FN2O. The molecule has 0 aliphatic carbocycles. The third-order valence-corrected chi connectivity index (χ3v) is 3.37. The van der Waals surface area contributed by atoms with Gasteiger partial charge in [0.2, 0.25) is 0 Å². The van der Waals surface area contributed by atoms with E-state index in [2.05, 4.69) is 9.88 Å². The Balaban J connectivity index is 1.97. The van der Waals surface area contributed by atoms with E-state index in [1.807, 2.05) is 0 Å². The van der Waals surface area contributed by atoms with Crippen LogP contribution in [0.3, 0.4) is 0 Å². The van der Waals surface area contributed by atoms with Gasteiger partial charge in [-0.25, -0.2) is 4.39 Å². The molecule has 1 atom stereocenters. The number of aliphatic hydroxyl groups is 1. The van der Waals surface area contributed by atoms with Gasteiger partial charge in [-0.3, -0.25) is 9.88 Å². The van der Waals surface area contributed by atoms with Crippen LogP contribution in [0, 0.1) is 5.82 Å². The van der Waals surface area contributed by atoms with E-state index >= 15 is 0 Å². The number of likely N-dealkylation sites (tertiary alicyclic amines) is 1. The fourth-order valence-electron chi connectivity index (χ4n) is 2.45. The van der Waals surface area contributed by atoms with Crippen LogP contribution < -0.4 is 0 Å². The van der Waals surface area contributed by atoms with Crippen LogP contribution >= 0.6 is 0 Å². The molecule has 3 nitrogen and oxygen atoms in total. The number of hydrogen-bond donors (Lipinski definition) is 1. The molecule has 0 bridgehead atoms. The lowest BCUT2D eigenvalue weighted by molar-refractivity contribution is 0.111. The van der Waals surface area contributed by atoms with E-state index in [-0.39, 0.29) is 12.4 Å². The first-order valence-electron chi connectivity index (χ1n) is 6.25. The van der Waals surface area contributed by atoms with Crippen LogP contribution in [0.1, 0.15) is 31.4 Å². The highest BCUT2D eigenvalue weighted by Crippen LogP contribution is 2.21. The smallest absolute Gasteiger partial charge is 0.141 e. The molecule has 94 valence electrons. The summed E-state index contributed by atoms with van der Waals surface area (Å²) in [7, 11) is 0. The van der Waals surface area contributed by atoms with Crippen molar-refractivity contribution in [3.05, 3.63) is 29.8 Å². The topological polar surface area (TPSA) is 36.4 Å². The Bertz CT molecular complexity index is 340. The van der Waals surface area contributed by atoms with E-state index in [4.69, 9.17) is 5.11 Å². The van der Waals surface area contributed by atoms with Crippen LogP contribution in [0.25, 0.3) is 0 Å². The number of aliphatic hydroxyl groups excluding tert-OH is 1. The largest absolute Gasteiger partial charge is 0.396 e. The summed E-state index contributed by atoms with van der Waals surface area (Å²) in [4.78, 5) is 6.43. The normalized spacial score (nSPS) is 21.6. The fraction of sp³-hybridized carbons (Fsp3) is 0.615. The fourth-order valence-corrected chi connectivity index (χ4v) is 2.45. The summed E-state index contributed by atoms with van der Waals surface area (Å²) in [6.45, 7) is 2.03. The van der Waals surface area contributed by atoms with E-state index < -0.39 is 0 Å². The molecule has 1 aliphatic rings. The second-order valence-corrected chi connectivity index (χ2v) is 4.60. The lowest BCUT2D eigenvalue weighted by Gasteiger charge is -2.35. The molecule has 1 aromatic rings. The number of rotatable bonds is 4. The Morgan fingerprint density at radius 2 is 2.29 bits per heavy atom. The van der Waals surface area contributed by atoms with Gasteiger partial charge < -0.3 is 5.11 Å². The summed E-state index contributed by atoms with van der Waals surface area (Å²) in [5.41, 5.74) is 0.899. The molecule has 2 rings (SSSR count). The molecule has 0 spiro atoms. The first-order valence-corrected chi connectivity index (χ1v) is 6.25.